The molecule has 106 valence electrons. The molecule has 1 aliphatic carbocycles. The van der Waals surface area contributed by atoms with Gasteiger partial charge in [0.05, 0.1) is 5.52 Å². The van der Waals surface area contributed by atoms with Gasteiger partial charge in [-0.3, -0.25) is 0 Å². The molecule has 1 aromatic carbocycles. The summed E-state index contributed by atoms with van der Waals surface area (Å²) in [6, 6.07) is 10.6. The van der Waals surface area contributed by atoms with Crippen molar-refractivity contribution in [3.8, 4) is 0 Å². The fourth-order valence-corrected chi connectivity index (χ4v) is 3.62. The van der Waals surface area contributed by atoms with E-state index in [0.717, 1.165) is 27.7 Å². The van der Waals surface area contributed by atoms with E-state index in [-0.39, 0.29) is 0 Å². The number of pyridine rings is 1. The number of hydrogen-bond donors (Lipinski definition) is 2. The maximum Gasteiger partial charge on any atom is 0.126 e. The summed E-state index contributed by atoms with van der Waals surface area (Å²) in [6.45, 7) is 0. The van der Waals surface area contributed by atoms with Crippen molar-refractivity contribution in [3.05, 3.63) is 30.3 Å². The van der Waals surface area contributed by atoms with Crippen LogP contribution in [-0.4, -0.2) is 22.5 Å². The highest BCUT2D eigenvalue weighted by Gasteiger charge is 2.20. The van der Waals surface area contributed by atoms with Gasteiger partial charge in [-0.15, -0.1) is 0 Å². The maximum atomic E-state index is 5.79. The van der Waals surface area contributed by atoms with Gasteiger partial charge >= 0.3 is 0 Å². The summed E-state index contributed by atoms with van der Waals surface area (Å²) in [7, 11) is 0. The topological polar surface area (TPSA) is 50.9 Å². The Morgan fingerprint density at radius 2 is 1.95 bits per heavy atom. The molecule has 0 amide bonds. The molecule has 0 atom stereocenters. The number of nitrogens with one attached hydrogen (secondary N) is 1. The number of rotatable bonds is 3. The summed E-state index contributed by atoms with van der Waals surface area (Å²) in [5, 5.41) is 5.53. The smallest absolute Gasteiger partial charge is 0.126 e. The first kappa shape index (κ1) is 13.6. The third kappa shape index (κ3) is 3.01. The van der Waals surface area contributed by atoms with Crippen LogP contribution < -0.4 is 11.1 Å². The normalized spacial score (nSPS) is 22.9. The van der Waals surface area contributed by atoms with Gasteiger partial charge < -0.3 is 11.1 Å². The van der Waals surface area contributed by atoms with Crippen molar-refractivity contribution in [2.45, 2.75) is 37.0 Å². The third-order valence-electron chi connectivity index (χ3n) is 4.07. The molecule has 1 aliphatic rings. The van der Waals surface area contributed by atoms with E-state index in [1.54, 1.807) is 0 Å². The first-order valence-electron chi connectivity index (χ1n) is 7.20. The van der Waals surface area contributed by atoms with Gasteiger partial charge in [-0.25, -0.2) is 4.98 Å². The SMILES string of the molecule is CSC1CCC(Nc2ccc3cc(N)ccc3n2)CC1. The van der Waals surface area contributed by atoms with Crippen LogP contribution in [0.3, 0.4) is 0 Å². The minimum atomic E-state index is 0.567. The van der Waals surface area contributed by atoms with Gasteiger partial charge in [-0.2, -0.15) is 11.8 Å². The molecule has 0 aliphatic heterocycles. The Bertz CT molecular complexity index is 591. The molecule has 1 saturated carbocycles. The number of nitrogen functional groups attached to an aromatic ring is 1. The van der Waals surface area contributed by atoms with E-state index in [9.17, 15) is 0 Å². The van der Waals surface area contributed by atoms with Crippen LogP contribution in [0.4, 0.5) is 11.5 Å². The fourth-order valence-electron chi connectivity index (χ4n) is 2.88. The van der Waals surface area contributed by atoms with Crippen molar-refractivity contribution in [1.82, 2.24) is 4.98 Å². The van der Waals surface area contributed by atoms with Crippen LogP contribution in [0.2, 0.25) is 0 Å². The molecule has 3 N–H and O–H groups in total. The van der Waals surface area contributed by atoms with Crippen LogP contribution >= 0.6 is 11.8 Å². The number of aromatic nitrogens is 1. The van der Waals surface area contributed by atoms with Crippen molar-refractivity contribution < 1.29 is 0 Å². The molecule has 3 nitrogen and oxygen atoms in total. The fraction of sp³-hybridized carbons (Fsp3) is 0.438. The van der Waals surface area contributed by atoms with E-state index in [4.69, 9.17) is 5.73 Å². The minimum absolute atomic E-state index is 0.567. The van der Waals surface area contributed by atoms with E-state index in [1.165, 1.54) is 25.7 Å². The molecule has 0 radical (unpaired) electrons. The zero-order valence-electron chi connectivity index (χ0n) is 11.8. The van der Waals surface area contributed by atoms with Gasteiger partial charge in [0.25, 0.3) is 0 Å². The lowest BCUT2D eigenvalue weighted by Crippen LogP contribution is -2.27. The lowest BCUT2D eigenvalue weighted by atomic mass is 9.95. The maximum absolute atomic E-state index is 5.79. The van der Waals surface area contributed by atoms with Crippen molar-refractivity contribution >= 4 is 34.2 Å². The highest BCUT2D eigenvalue weighted by atomic mass is 32.2. The summed E-state index contributed by atoms with van der Waals surface area (Å²) in [5.41, 5.74) is 7.58. The highest BCUT2D eigenvalue weighted by molar-refractivity contribution is 7.99. The lowest BCUT2D eigenvalue weighted by Gasteiger charge is -2.28. The molecule has 3 rings (SSSR count). The average Bonchev–Trinajstić information content (AvgIpc) is 2.48. The van der Waals surface area contributed by atoms with Gasteiger partial charge in [-0.1, -0.05) is 0 Å². The molecule has 1 heterocycles. The zero-order valence-corrected chi connectivity index (χ0v) is 12.6. The average molecular weight is 287 g/mol. The molecule has 1 fully saturated rings. The molecular formula is C16H21N3S. The molecule has 0 unspecified atom stereocenters. The molecule has 2 aromatic rings. The summed E-state index contributed by atoms with van der Waals surface area (Å²) in [6.07, 6.45) is 7.32. The van der Waals surface area contributed by atoms with Crippen LogP contribution in [-0.2, 0) is 0 Å². The Kier molecular flexibility index (Phi) is 4.01. The van der Waals surface area contributed by atoms with Gasteiger partial charge in [0.1, 0.15) is 5.82 Å². The third-order valence-corrected chi connectivity index (χ3v) is 5.21. The lowest BCUT2D eigenvalue weighted by molar-refractivity contribution is 0.472. The summed E-state index contributed by atoms with van der Waals surface area (Å²) >= 11 is 2.00. The predicted molar refractivity (Wildman–Crippen MR) is 89.3 cm³/mol. The summed E-state index contributed by atoms with van der Waals surface area (Å²) in [5.74, 6) is 0.981. The first-order chi connectivity index (χ1) is 9.74. The van der Waals surface area contributed by atoms with E-state index < -0.39 is 0 Å². The van der Waals surface area contributed by atoms with E-state index in [0.29, 0.717) is 6.04 Å². The molecule has 4 heteroatoms. The Balaban J connectivity index is 1.70. The summed E-state index contributed by atoms with van der Waals surface area (Å²) in [4.78, 5) is 4.68. The van der Waals surface area contributed by atoms with Crippen LogP contribution in [0.1, 0.15) is 25.7 Å². The van der Waals surface area contributed by atoms with E-state index >= 15 is 0 Å². The highest BCUT2D eigenvalue weighted by Crippen LogP contribution is 2.28. The van der Waals surface area contributed by atoms with E-state index in [2.05, 4.69) is 28.7 Å². The zero-order chi connectivity index (χ0) is 13.9. The number of anilines is 2. The Morgan fingerprint density at radius 1 is 1.15 bits per heavy atom. The molecule has 20 heavy (non-hydrogen) atoms. The number of nitrogens with zero attached hydrogens (tertiary/aromatic N) is 1. The largest absolute Gasteiger partial charge is 0.399 e. The van der Waals surface area contributed by atoms with Crippen LogP contribution in [0, 0.1) is 0 Å². The molecule has 0 bridgehead atoms. The van der Waals surface area contributed by atoms with Crippen molar-refractivity contribution in [2.24, 2.45) is 0 Å². The second kappa shape index (κ2) is 5.92. The van der Waals surface area contributed by atoms with Gasteiger partial charge in [0.2, 0.25) is 0 Å². The molecule has 0 saturated heterocycles. The minimum Gasteiger partial charge on any atom is -0.399 e. The van der Waals surface area contributed by atoms with Crippen LogP contribution in [0.15, 0.2) is 30.3 Å². The monoisotopic (exact) mass is 287 g/mol. The van der Waals surface area contributed by atoms with Gasteiger partial charge in [-0.05, 0) is 62.3 Å². The Labute approximate surface area is 124 Å². The van der Waals surface area contributed by atoms with Crippen LogP contribution in [0.5, 0.6) is 0 Å². The van der Waals surface area contributed by atoms with Crippen LogP contribution in [0.25, 0.3) is 10.9 Å². The van der Waals surface area contributed by atoms with Crippen molar-refractivity contribution in [2.75, 3.05) is 17.3 Å². The number of thioether (sulfide) groups is 1. The number of hydrogen-bond acceptors (Lipinski definition) is 4. The number of benzene rings is 1. The quantitative estimate of drug-likeness (QED) is 0.841. The summed E-state index contributed by atoms with van der Waals surface area (Å²) < 4.78 is 0. The molecule has 0 spiro atoms. The Morgan fingerprint density at radius 3 is 2.70 bits per heavy atom. The number of nitrogens with two attached hydrogens (primary N) is 1. The second-order valence-corrected chi connectivity index (χ2v) is 6.64. The standard InChI is InChI=1S/C16H21N3S/c1-20-14-6-4-13(5-7-14)18-16-9-2-11-10-12(17)3-8-15(11)19-16/h2-3,8-10,13-14H,4-7,17H2,1H3,(H,18,19). The van der Waals surface area contributed by atoms with Crippen molar-refractivity contribution in [3.63, 3.8) is 0 Å². The Hall–Kier alpha value is -1.42. The first-order valence-corrected chi connectivity index (χ1v) is 8.49. The predicted octanol–water partition coefficient (Wildman–Crippen LogP) is 3.90. The van der Waals surface area contributed by atoms with Gasteiger partial charge in [0, 0.05) is 22.4 Å². The number of fused-ring (bicyclic) bond motifs is 1. The van der Waals surface area contributed by atoms with E-state index in [1.807, 2.05) is 30.0 Å². The molecule has 1 aromatic heterocycles. The second-order valence-electron chi connectivity index (χ2n) is 5.50. The van der Waals surface area contributed by atoms with Crippen molar-refractivity contribution in [1.29, 1.82) is 0 Å². The van der Waals surface area contributed by atoms with Gasteiger partial charge in [0.15, 0.2) is 0 Å². The molecular weight excluding hydrogens is 266 g/mol.